The fraction of sp³-hybridized carbons (Fsp3) is 0.263. The van der Waals surface area contributed by atoms with Crippen LogP contribution in [-0.2, 0) is 0 Å². The Morgan fingerprint density at radius 2 is 1.21 bits per heavy atom. The maximum Gasteiger partial charge on any atom is 0.253 e. The van der Waals surface area contributed by atoms with Crippen LogP contribution in [0.3, 0.4) is 0 Å². The molecule has 1 saturated heterocycles. The molecule has 2 aromatic rings. The molecule has 0 aromatic heterocycles. The molecular formula is C19H19FN2O2. The van der Waals surface area contributed by atoms with Crippen molar-refractivity contribution >= 4 is 11.8 Å². The summed E-state index contributed by atoms with van der Waals surface area (Å²) in [7, 11) is 0. The van der Waals surface area contributed by atoms with Crippen LogP contribution in [0.5, 0.6) is 0 Å². The molecule has 1 heterocycles. The average molecular weight is 326 g/mol. The van der Waals surface area contributed by atoms with Gasteiger partial charge >= 0.3 is 0 Å². The monoisotopic (exact) mass is 326 g/mol. The van der Waals surface area contributed by atoms with Crippen molar-refractivity contribution in [3.63, 3.8) is 0 Å². The van der Waals surface area contributed by atoms with E-state index in [1.807, 2.05) is 18.2 Å². The van der Waals surface area contributed by atoms with Crippen LogP contribution in [0.25, 0.3) is 0 Å². The average Bonchev–Trinajstić information content (AvgIpc) is 2.88. The summed E-state index contributed by atoms with van der Waals surface area (Å²) in [5, 5.41) is 0. The number of amides is 2. The molecule has 0 aliphatic carbocycles. The zero-order valence-corrected chi connectivity index (χ0v) is 13.3. The summed E-state index contributed by atoms with van der Waals surface area (Å²) in [4.78, 5) is 28.5. The molecule has 0 spiro atoms. The van der Waals surface area contributed by atoms with Gasteiger partial charge in [0.1, 0.15) is 5.82 Å². The fourth-order valence-corrected chi connectivity index (χ4v) is 2.86. The van der Waals surface area contributed by atoms with Crippen LogP contribution >= 0.6 is 0 Å². The van der Waals surface area contributed by atoms with E-state index in [0.717, 1.165) is 6.42 Å². The molecule has 0 unspecified atom stereocenters. The molecule has 4 nitrogen and oxygen atoms in total. The van der Waals surface area contributed by atoms with Crippen molar-refractivity contribution in [3.8, 4) is 0 Å². The lowest BCUT2D eigenvalue weighted by Gasteiger charge is -2.22. The van der Waals surface area contributed by atoms with E-state index in [4.69, 9.17) is 0 Å². The third kappa shape index (κ3) is 3.62. The third-order valence-electron chi connectivity index (χ3n) is 4.18. The van der Waals surface area contributed by atoms with Crippen LogP contribution in [0.2, 0.25) is 0 Å². The number of rotatable bonds is 2. The number of halogens is 1. The highest BCUT2D eigenvalue weighted by atomic mass is 19.1. The predicted molar refractivity (Wildman–Crippen MR) is 89.3 cm³/mol. The smallest absolute Gasteiger partial charge is 0.253 e. The molecule has 3 rings (SSSR count). The van der Waals surface area contributed by atoms with Gasteiger partial charge in [0.15, 0.2) is 0 Å². The van der Waals surface area contributed by atoms with Crippen LogP contribution in [0.1, 0.15) is 27.1 Å². The Labute approximate surface area is 140 Å². The maximum absolute atomic E-state index is 13.0. The number of hydrogen-bond donors (Lipinski definition) is 0. The van der Waals surface area contributed by atoms with Gasteiger partial charge in [-0.3, -0.25) is 9.59 Å². The van der Waals surface area contributed by atoms with Crippen molar-refractivity contribution in [2.24, 2.45) is 0 Å². The zero-order chi connectivity index (χ0) is 16.9. The standard InChI is InChI=1S/C19H19FN2O2/c20-17-9-7-16(8-10-17)19(24)22-12-4-11-21(13-14-22)18(23)15-5-2-1-3-6-15/h1-3,5-10H,4,11-14H2. The van der Waals surface area contributed by atoms with Crippen molar-refractivity contribution in [1.82, 2.24) is 9.80 Å². The molecule has 2 amide bonds. The second-order valence-corrected chi connectivity index (χ2v) is 5.81. The van der Waals surface area contributed by atoms with Crippen molar-refractivity contribution in [2.45, 2.75) is 6.42 Å². The van der Waals surface area contributed by atoms with Gasteiger partial charge in [-0.15, -0.1) is 0 Å². The van der Waals surface area contributed by atoms with Gasteiger partial charge < -0.3 is 9.80 Å². The molecule has 0 radical (unpaired) electrons. The molecule has 24 heavy (non-hydrogen) atoms. The summed E-state index contributed by atoms with van der Waals surface area (Å²) in [5.41, 5.74) is 1.13. The SMILES string of the molecule is O=C(c1ccccc1)N1CCCN(C(=O)c2ccc(F)cc2)CC1. The molecular weight excluding hydrogens is 307 g/mol. The Morgan fingerprint density at radius 3 is 1.75 bits per heavy atom. The lowest BCUT2D eigenvalue weighted by molar-refractivity contribution is 0.0718. The first-order valence-electron chi connectivity index (χ1n) is 8.04. The van der Waals surface area contributed by atoms with E-state index in [2.05, 4.69) is 0 Å². The highest BCUT2D eigenvalue weighted by Gasteiger charge is 2.23. The molecule has 0 bridgehead atoms. The molecule has 0 saturated carbocycles. The van der Waals surface area contributed by atoms with Gasteiger partial charge in [-0.1, -0.05) is 18.2 Å². The first-order valence-corrected chi connectivity index (χ1v) is 8.04. The van der Waals surface area contributed by atoms with Gasteiger partial charge in [-0.25, -0.2) is 4.39 Å². The Hall–Kier alpha value is -2.69. The van der Waals surface area contributed by atoms with E-state index in [9.17, 15) is 14.0 Å². The van der Waals surface area contributed by atoms with Crippen molar-refractivity contribution in [3.05, 3.63) is 71.5 Å². The van der Waals surface area contributed by atoms with Gasteiger partial charge in [0, 0.05) is 37.3 Å². The zero-order valence-electron chi connectivity index (χ0n) is 13.3. The minimum Gasteiger partial charge on any atom is -0.337 e. The Morgan fingerprint density at radius 1 is 0.708 bits per heavy atom. The van der Waals surface area contributed by atoms with E-state index in [1.165, 1.54) is 24.3 Å². The molecule has 124 valence electrons. The van der Waals surface area contributed by atoms with Crippen molar-refractivity contribution < 1.29 is 14.0 Å². The first kappa shape index (κ1) is 16.2. The molecule has 5 heteroatoms. The second-order valence-electron chi connectivity index (χ2n) is 5.81. The van der Waals surface area contributed by atoms with Crippen molar-refractivity contribution in [2.75, 3.05) is 26.2 Å². The summed E-state index contributed by atoms with van der Waals surface area (Å²) in [5.74, 6) is -0.488. The minimum atomic E-state index is -0.359. The van der Waals surface area contributed by atoms with Crippen LogP contribution in [-0.4, -0.2) is 47.8 Å². The van der Waals surface area contributed by atoms with Crippen LogP contribution in [0.15, 0.2) is 54.6 Å². The van der Waals surface area contributed by atoms with Gasteiger partial charge in [0.05, 0.1) is 0 Å². The molecule has 1 fully saturated rings. The van der Waals surface area contributed by atoms with E-state index in [1.54, 1.807) is 21.9 Å². The normalized spacial score (nSPS) is 15.0. The molecule has 1 aliphatic rings. The number of hydrogen-bond acceptors (Lipinski definition) is 2. The van der Waals surface area contributed by atoms with Crippen LogP contribution in [0, 0.1) is 5.82 Å². The van der Waals surface area contributed by atoms with Crippen LogP contribution in [0.4, 0.5) is 4.39 Å². The number of nitrogens with zero attached hydrogens (tertiary/aromatic N) is 2. The summed E-state index contributed by atoms with van der Waals surface area (Å²) >= 11 is 0. The predicted octanol–water partition coefficient (Wildman–Crippen LogP) is 2.81. The van der Waals surface area contributed by atoms with Crippen LogP contribution < -0.4 is 0 Å². The fourth-order valence-electron chi connectivity index (χ4n) is 2.86. The number of benzene rings is 2. The molecule has 0 atom stereocenters. The highest BCUT2D eigenvalue weighted by Crippen LogP contribution is 2.12. The highest BCUT2D eigenvalue weighted by molar-refractivity contribution is 5.95. The molecule has 1 aliphatic heterocycles. The minimum absolute atomic E-state index is 0.00770. The lowest BCUT2D eigenvalue weighted by Crippen LogP contribution is -2.37. The van der Waals surface area contributed by atoms with E-state index >= 15 is 0 Å². The summed E-state index contributed by atoms with van der Waals surface area (Å²) < 4.78 is 13.0. The topological polar surface area (TPSA) is 40.6 Å². The first-order chi connectivity index (χ1) is 11.6. The van der Waals surface area contributed by atoms with Gasteiger partial charge in [-0.2, -0.15) is 0 Å². The van der Waals surface area contributed by atoms with Crippen molar-refractivity contribution in [1.29, 1.82) is 0 Å². The summed E-state index contributed by atoms with van der Waals surface area (Å²) in [6.07, 6.45) is 0.728. The maximum atomic E-state index is 13.0. The van der Waals surface area contributed by atoms with Gasteiger partial charge in [-0.05, 0) is 42.8 Å². The second kappa shape index (κ2) is 7.25. The molecule has 0 N–H and O–H groups in total. The van der Waals surface area contributed by atoms with Gasteiger partial charge in [0.2, 0.25) is 0 Å². The third-order valence-corrected chi connectivity index (χ3v) is 4.18. The van der Waals surface area contributed by atoms with E-state index in [-0.39, 0.29) is 17.6 Å². The van der Waals surface area contributed by atoms with Gasteiger partial charge in [0.25, 0.3) is 11.8 Å². The lowest BCUT2D eigenvalue weighted by atomic mass is 10.2. The Bertz CT molecular complexity index is 716. The molecule has 2 aromatic carbocycles. The van der Waals surface area contributed by atoms with E-state index in [0.29, 0.717) is 37.3 Å². The Kier molecular flexibility index (Phi) is 4.89. The summed E-state index contributed by atoms with van der Waals surface area (Å²) in [6.45, 7) is 2.20. The number of carbonyl (C=O) groups is 2. The van der Waals surface area contributed by atoms with E-state index < -0.39 is 0 Å². The largest absolute Gasteiger partial charge is 0.337 e. The Balaban J connectivity index is 1.65. The summed E-state index contributed by atoms with van der Waals surface area (Å²) in [6, 6.07) is 14.7. The quantitative estimate of drug-likeness (QED) is 0.851. The number of carbonyl (C=O) groups excluding carboxylic acids is 2.